The van der Waals surface area contributed by atoms with Crippen molar-refractivity contribution in [1.29, 1.82) is 0 Å². The van der Waals surface area contributed by atoms with Crippen molar-refractivity contribution in [3.8, 4) is 0 Å². The first-order valence-electron chi connectivity index (χ1n) is 6.83. The lowest BCUT2D eigenvalue weighted by Gasteiger charge is -2.40. The van der Waals surface area contributed by atoms with Crippen molar-refractivity contribution in [1.82, 2.24) is 0 Å². The van der Waals surface area contributed by atoms with Crippen LogP contribution in [-0.4, -0.2) is 29.7 Å². The smallest absolute Gasteiger partial charge is 0.325 e. The van der Waals surface area contributed by atoms with Crippen LogP contribution in [-0.2, 0) is 11.2 Å². The van der Waals surface area contributed by atoms with Gasteiger partial charge in [0.05, 0.1) is 0 Å². The minimum Gasteiger partial charge on any atom is -0.480 e. The lowest BCUT2D eigenvalue weighted by Crippen LogP contribution is -2.59. The lowest BCUT2D eigenvalue weighted by atomic mass is 9.89. The number of carboxylic acids is 1. The van der Waals surface area contributed by atoms with E-state index in [1.165, 1.54) is 16.8 Å². The second kappa shape index (κ2) is 5.21. The molecule has 0 bridgehead atoms. The highest BCUT2D eigenvalue weighted by molar-refractivity contribution is 5.80. The second-order valence-corrected chi connectivity index (χ2v) is 5.42. The maximum atomic E-state index is 11.3. The number of piperidine rings is 1. The molecule has 1 atom stereocenters. The van der Waals surface area contributed by atoms with Crippen molar-refractivity contribution in [3.63, 3.8) is 0 Å². The molecule has 1 saturated heterocycles. The van der Waals surface area contributed by atoms with E-state index in [4.69, 9.17) is 5.73 Å². The van der Waals surface area contributed by atoms with Crippen molar-refractivity contribution < 1.29 is 9.90 Å². The molecular formula is C15H22N2O2. The molecule has 2 rings (SSSR count). The average Bonchev–Trinajstić information content (AvgIpc) is 2.38. The van der Waals surface area contributed by atoms with Crippen LogP contribution in [0.1, 0.15) is 30.9 Å². The zero-order chi connectivity index (χ0) is 14.0. The van der Waals surface area contributed by atoms with E-state index in [9.17, 15) is 9.90 Å². The molecule has 0 spiro atoms. The van der Waals surface area contributed by atoms with E-state index in [2.05, 4.69) is 36.9 Å². The highest BCUT2D eigenvalue weighted by Gasteiger charge is 2.39. The summed E-state index contributed by atoms with van der Waals surface area (Å²) in [6.07, 6.45) is 2.31. The summed E-state index contributed by atoms with van der Waals surface area (Å²) in [6.45, 7) is 5.46. The van der Waals surface area contributed by atoms with Gasteiger partial charge >= 0.3 is 5.97 Å². The van der Waals surface area contributed by atoms with Crippen LogP contribution in [0.25, 0.3) is 0 Å². The number of nitrogens with zero attached hydrogens (tertiary/aromatic N) is 1. The van der Waals surface area contributed by atoms with E-state index in [0.29, 0.717) is 13.0 Å². The number of benzene rings is 1. The van der Waals surface area contributed by atoms with Crippen LogP contribution >= 0.6 is 0 Å². The fourth-order valence-corrected chi connectivity index (χ4v) is 2.91. The fourth-order valence-electron chi connectivity index (χ4n) is 2.91. The van der Waals surface area contributed by atoms with Gasteiger partial charge in [-0.3, -0.25) is 4.79 Å². The van der Waals surface area contributed by atoms with Crippen molar-refractivity contribution in [2.45, 2.75) is 38.6 Å². The standard InChI is InChI=1S/C15H22N2O2/c1-3-12-7-4-6-11(2)13(12)17-9-5-8-15(16,10-17)14(18)19/h4,6-7H,3,5,8-10,16H2,1-2H3,(H,18,19). The molecule has 3 N–H and O–H groups in total. The van der Waals surface area contributed by atoms with Gasteiger partial charge in [0, 0.05) is 18.8 Å². The minimum atomic E-state index is -1.12. The van der Waals surface area contributed by atoms with Gasteiger partial charge in [-0.25, -0.2) is 0 Å². The molecule has 1 fully saturated rings. The summed E-state index contributed by atoms with van der Waals surface area (Å²) >= 11 is 0. The van der Waals surface area contributed by atoms with Gasteiger partial charge in [-0.1, -0.05) is 25.1 Å². The Morgan fingerprint density at radius 3 is 2.89 bits per heavy atom. The number of para-hydroxylation sites is 1. The van der Waals surface area contributed by atoms with Crippen LogP contribution in [0.3, 0.4) is 0 Å². The lowest BCUT2D eigenvalue weighted by molar-refractivity contribution is -0.143. The summed E-state index contributed by atoms with van der Waals surface area (Å²) in [6, 6.07) is 6.23. The largest absolute Gasteiger partial charge is 0.480 e. The van der Waals surface area contributed by atoms with Gasteiger partial charge in [0.25, 0.3) is 0 Å². The number of carbonyl (C=O) groups is 1. The number of carboxylic acid groups (broad SMARTS) is 1. The highest BCUT2D eigenvalue weighted by atomic mass is 16.4. The monoisotopic (exact) mass is 262 g/mol. The van der Waals surface area contributed by atoms with E-state index < -0.39 is 11.5 Å². The Morgan fingerprint density at radius 2 is 2.26 bits per heavy atom. The van der Waals surface area contributed by atoms with E-state index in [1.807, 2.05) is 0 Å². The zero-order valence-electron chi connectivity index (χ0n) is 11.6. The summed E-state index contributed by atoms with van der Waals surface area (Å²) in [5, 5.41) is 9.31. The summed E-state index contributed by atoms with van der Waals surface area (Å²) in [5.41, 5.74) is 8.53. The Hall–Kier alpha value is -1.55. The third kappa shape index (κ3) is 2.59. The number of aryl methyl sites for hydroxylation is 2. The van der Waals surface area contributed by atoms with E-state index >= 15 is 0 Å². The van der Waals surface area contributed by atoms with E-state index in [-0.39, 0.29) is 0 Å². The molecule has 0 aliphatic carbocycles. The molecule has 0 amide bonds. The normalized spacial score (nSPS) is 23.4. The van der Waals surface area contributed by atoms with Gasteiger partial charge in [0.15, 0.2) is 0 Å². The molecule has 1 heterocycles. The first kappa shape index (κ1) is 13.9. The number of hydrogen-bond acceptors (Lipinski definition) is 3. The van der Waals surface area contributed by atoms with Gasteiger partial charge in [0.2, 0.25) is 0 Å². The number of rotatable bonds is 3. The van der Waals surface area contributed by atoms with Crippen LogP contribution in [0.4, 0.5) is 5.69 Å². The Kier molecular flexibility index (Phi) is 3.80. The highest BCUT2D eigenvalue weighted by Crippen LogP contribution is 2.30. The van der Waals surface area contributed by atoms with E-state index in [0.717, 1.165) is 19.4 Å². The van der Waals surface area contributed by atoms with E-state index in [1.54, 1.807) is 0 Å². The Morgan fingerprint density at radius 1 is 1.53 bits per heavy atom. The maximum absolute atomic E-state index is 11.3. The molecule has 0 aromatic heterocycles. The summed E-state index contributed by atoms with van der Waals surface area (Å²) in [5.74, 6) is -0.899. The SMILES string of the molecule is CCc1cccc(C)c1N1CCCC(N)(C(=O)O)C1. The van der Waals surface area contributed by atoms with Crippen molar-refractivity contribution in [2.75, 3.05) is 18.0 Å². The molecule has 19 heavy (non-hydrogen) atoms. The summed E-state index contributed by atoms with van der Waals surface area (Å²) in [7, 11) is 0. The van der Waals surface area contributed by atoms with Crippen LogP contribution in [0.2, 0.25) is 0 Å². The topological polar surface area (TPSA) is 66.6 Å². The first-order valence-corrected chi connectivity index (χ1v) is 6.83. The fraction of sp³-hybridized carbons (Fsp3) is 0.533. The molecule has 0 saturated carbocycles. The average molecular weight is 262 g/mol. The summed E-state index contributed by atoms with van der Waals surface area (Å²) < 4.78 is 0. The predicted molar refractivity (Wildman–Crippen MR) is 76.6 cm³/mol. The molecule has 4 nitrogen and oxygen atoms in total. The molecule has 1 aliphatic heterocycles. The number of anilines is 1. The molecule has 1 aromatic rings. The third-order valence-electron chi connectivity index (χ3n) is 3.97. The van der Waals surface area contributed by atoms with Gasteiger partial charge in [-0.05, 0) is 37.3 Å². The molecule has 4 heteroatoms. The van der Waals surface area contributed by atoms with Crippen LogP contribution < -0.4 is 10.6 Å². The van der Waals surface area contributed by atoms with Crippen molar-refractivity contribution in [3.05, 3.63) is 29.3 Å². The van der Waals surface area contributed by atoms with Crippen molar-refractivity contribution in [2.24, 2.45) is 5.73 Å². The van der Waals surface area contributed by atoms with Crippen LogP contribution in [0, 0.1) is 6.92 Å². The Labute approximate surface area is 114 Å². The quantitative estimate of drug-likeness (QED) is 0.873. The number of hydrogen-bond donors (Lipinski definition) is 2. The Bertz CT molecular complexity index is 487. The summed E-state index contributed by atoms with van der Waals surface area (Å²) in [4.78, 5) is 13.5. The number of aliphatic carboxylic acids is 1. The molecule has 1 unspecified atom stereocenters. The number of nitrogens with two attached hydrogens (primary N) is 1. The predicted octanol–water partition coefficient (Wildman–Crippen LogP) is 1.94. The molecule has 104 valence electrons. The zero-order valence-corrected chi connectivity index (χ0v) is 11.6. The van der Waals surface area contributed by atoms with Crippen molar-refractivity contribution >= 4 is 11.7 Å². The molecule has 1 aromatic carbocycles. The van der Waals surface area contributed by atoms with Gasteiger partial charge in [-0.15, -0.1) is 0 Å². The maximum Gasteiger partial charge on any atom is 0.325 e. The Balaban J connectivity index is 2.35. The molecule has 0 radical (unpaired) electrons. The minimum absolute atomic E-state index is 0.389. The first-order chi connectivity index (χ1) is 8.98. The van der Waals surface area contributed by atoms with Gasteiger partial charge < -0.3 is 15.7 Å². The molecule has 1 aliphatic rings. The second-order valence-electron chi connectivity index (χ2n) is 5.42. The van der Waals surface area contributed by atoms with Crippen LogP contribution in [0.5, 0.6) is 0 Å². The van der Waals surface area contributed by atoms with Gasteiger partial charge in [0.1, 0.15) is 5.54 Å². The molecular weight excluding hydrogens is 240 g/mol. The van der Waals surface area contributed by atoms with Crippen LogP contribution in [0.15, 0.2) is 18.2 Å². The third-order valence-corrected chi connectivity index (χ3v) is 3.97. The van der Waals surface area contributed by atoms with Gasteiger partial charge in [-0.2, -0.15) is 0 Å².